The number of methoxy groups -OCH3 is 1. The third kappa shape index (κ3) is 6.25. The number of rotatable bonds is 7. The molecule has 0 saturated carbocycles. The van der Waals surface area contributed by atoms with Crippen LogP contribution in [0.15, 0.2) is 35.5 Å². The molecule has 0 amide bonds. The summed E-state index contributed by atoms with van der Waals surface area (Å²) in [4.78, 5) is 16.2. The van der Waals surface area contributed by atoms with Gasteiger partial charge in [-0.3, -0.25) is 9.97 Å². The fraction of sp³-hybridized carbons (Fsp3) is 0.435. The summed E-state index contributed by atoms with van der Waals surface area (Å²) in [6.07, 6.45) is 3.78. The zero-order valence-electron chi connectivity index (χ0n) is 19.1. The van der Waals surface area contributed by atoms with Crippen molar-refractivity contribution in [3.8, 4) is 11.6 Å². The highest BCUT2D eigenvalue weighted by Crippen LogP contribution is 2.35. The summed E-state index contributed by atoms with van der Waals surface area (Å²) in [5, 5.41) is 14.1. The van der Waals surface area contributed by atoms with Gasteiger partial charge in [0.05, 0.1) is 47.2 Å². The van der Waals surface area contributed by atoms with Crippen LogP contribution >= 0.6 is 36.6 Å². The Morgan fingerprint density at radius 2 is 2.14 bits per heavy atom. The van der Waals surface area contributed by atoms with Crippen molar-refractivity contribution in [1.82, 2.24) is 25.2 Å². The Labute approximate surface area is 219 Å². The van der Waals surface area contributed by atoms with E-state index in [1.54, 1.807) is 30.1 Å². The first-order valence-corrected chi connectivity index (χ1v) is 12.0. The van der Waals surface area contributed by atoms with Crippen LogP contribution in [0, 0.1) is 5.82 Å². The van der Waals surface area contributed by atoms with Crippen LogP contribution in [-0.4, -0.2) is 69.8 Å². The molecule has 190 valence electrons. The number of hydrogen-bond donors (Lipinski definition) is 2. The number of fused-ring (bicyclic) bond motifs is 2. The molecule has 0 radical (unpaired) electrons. The van der Waals surface area contributed by atoms with Gasteiger partial charge in [-0.2, -0.15) is 0 Å². The summed E-state index contributed by atoms with van der Waals surface area (Å²) in [6.45, 7) is 2.57. The molecule has 5 heterocycles. The van der Waals surface area contributed by atoms with Gasteiger partial charge in [-0.05, 0) is 31.5 Å². The van der Waals surface area contributed by atoms with E-state index in [9.17, 15) is 9.50 Å². The minimum absolute atomic E-state index is 0. The van der Waals surface area contributed by atoms with Gasteiger partial charge in [0.25, 0.3) is 0 Å². The monoisotopic (exact) mass is 543 g/mol. The van der Waals surface area contributed by atoms with Gasteiger partial charge in [0.2, 0.25) is 5.88 Å². The Hall–Kier alpha value is -1.95. The number of halogens is 3. The van der Waals surface area contributed by atoms with Gasteiger partial charge in [-0.15, -0.1) is 24.8 Å². The zero-order valence-corrected chi connectivity index (χ0v) is 21.6. The molecule has 1 fully saturated rings. The number of pyridine rings is 3. The molecule has 12 heteroatoms. The molecule has 2 unspecified atom stereocenters. The summed E-state index contributed by atoms with van der Waals surface area (Å²) >= 11 is 1.66. The quantitative estimate of drug-likeness (QED) is 0.465. The van der Waals surface area contributed by atoms with E-state index >= 15 is 0 Å². The molecule has 0 aliphatic carbocycles. The van der Waals surface area contributed by atoms with Gasteiger partial charge in [0.1, 0.15) is 11.8 Å². The van der Waals surface area contributed by atoms with Gasteiger partial charge < -0.3 is 24.8 Å². The van der Waals surface area contributed by atoms with Gasteiger partial charge in [-0.25, -0.2) is 9.37 Å². The van der Waals surface area contributed by atoms with Crippen LogP contribution in [0.1, 0.15) is 17.7 Å². The molecule has 0 bridgehead atoms. The Balaban J connectivity index is 0.00000171. The van der Waals surface area contributed by atoms with E-state index in [0.717, 1.165) is 29.3 Å². The summed E-state index contributed by atoms with van der Waals surface area (Å²) in [5.41, 5.74) is 2.62. The number of ether oxygens (including phenoxy) is 2. The largest absolute Gasteiger partial charge is 0.481 e. The highest BCUT2D eigenvalue weighted by molar-refractivity contribution is 7.99. The number of piperidine rings is 1. The maximum Gasteiger partial charge on any atom is 0.213 e. The van der Waals surface area contributed by atoms with Crippen LogP contribution in [0.25, 0.3) is 11.0 Å². The van der Waals surface area contributed by atoms with E-state index < -0.39 is 6.10 Å². The molecule has 2 aliphatic rings. The maximum atomic E-state index is 14.6. The number of hydrogen-bond acceptors (Lipinski definition) is 9. The number of likely N-dealkylation sites (tertiary alicyclic amines) is 1. The Bertz CT molecular complexity index is 1160. The number of aliphatic hydroxyl groups is 1. The summed E-state index contributed by atoms with van der Waals surface area (Å²) in [7, 11) is 1.54. The van der Waals surface area contributed by atoms with E-state index in [1.807, 2.05) is 6.07 Å². The summed E-state index contributed by atoms with van der Waals surface area (Å²) < 4.78 is 25.2. The number of β-amino-alcohol motifs (C(OH)–C–C–N with tert-alkyl or cyclic N) is 1. The number of nitrogens with zero attached hydrogens (tertiary/aromatic N) is 4. The fourth-order valence-electron chi connectivity index (χ4n) is 4.31. The third-order valence-corrected chi connectivity index (χ3v) is 7.02. The lowest BCUT2D eigenvalue weighted by molar-refractivity contribution is 0.0403. The normalized spacial score (nSPS) is 19.4. The molecular weight excluding hydrogens is 516 g/mol. The second-order valence-electron chi connectivity index (χ2n) is 8.23. The van der Waals surface area contributed by atoms with Crippen molar-refractivity contribution < 1.29 is 19.0 Å². The number of thioether (sulfide) groups is 1. The predicted molar refractivity (Wildman–Crippen MR) is 138 cm³/mol. The van der Waals surface area contributed by atoms with Gasteiger partial charge in [0, 0.05) is 37.3 Å². The molecule has 1 saturated heterocycles. The van der Waals surface area contributed by atoms with Gasteiger partial charge in [-0.1, -0.05) is 11.8 Å². The molecule has 2 atom stereocenters. The van der Waals surface area contributed by atoms with Crippen molar-refractivity contribution in [3.63, 3.8) is 0 Å². The van der Waals surface area contributed by atoms with Crippen LogP contribution in [0.2, 0.25) is 0 Å². The molecule has 5 rings (SSSR count). The minimum Gasteiger partial charge on any atom is -0.481 e. The standard InChI is InChI=1S/C23H26FN5O3S.2ClH/c1-31-22-3-2-18-23(28-22)15(16(24)10-27-18)4-6-29-7-5-17(19(30)12-29)26-9-14-8-21-20(11-25-14)32-13-33-21;;/h2-3,8,10-11,17,19,26,30H,4-7,9,12-13H2,1H3;2*1H. The van der Waals surface area contributed by atoms with E-state index in [0.29, 0.717) is 54.5 Å². The van der Waals surface area contributed by atoms with Crippen molar-refractivity contribution >= 4 is 47.6 Å². The van der Waals surface area contributed by atoms with Crippen molar-refractivity contribution in [2.45, 2.75) is 36.4 Å². The third-order valence-electron chi connectivity index (χ3n) is 6.16. The van der Waals surface area contributed by atoms with Crippen LogP contribution in [0.4, 0.5) is 4.39 Å². The second-order valence-corrected chi connectivity index (χ2v) is 9.19. The Morgan fingerprint density at radius 3 is 2.94 bits per heavy atom. The highest BCUT2D eigenvalue weighted by Gasteiger charge is 2.27. The first kappa shape index (κ1) is 27.6. The lowest BCUT2D eigenvalue weighted by Gasteiger charge is -2.36. The molecule has 35 heavy (non-hydrogen) atoms. The zero-order chi connectivity index (χ0) is 22.8. The summed E-state index contributed by atoms with van der Waals surface area (Å²) in [6, 6.07) is 5.53. The highest BCUT2D eigenvalue weighted by atomic mass is 35.5. The number of aliphatic hydroxyl groups excluding tert-OH is 1. The average molecular weight is 544 g/mol. The Morgan fingerprint density at radius 1 is 1.29 bits per heavy atom. The lowest BCUT2D eigenvalue weighted by Crippen LogP contribution is -2.52. The first-order valence-electron chi connectivity index (χ1n) is 11.0. The van der Waals surface area contributed by atoms with Gasteiger partial charge in [0.15, 0.2) is 5.75 Å². The molecule has 2 aliphatic heterocycles. The van der Waals surface area contributed by atoms with Crippen molar-refractivity contribution in [1.29, 1.82) is 0 Å². The molecule has 3 aromatic heterocycles. The second kappa shape index (κ2) is 12.3. The summed E-state index contributed by atoms with van der Waals surface area (Å²) in [5.74, 6) is 1.53. The minimum atomic E-state index is -0.511. The number of aromatic nitrogens is 3. The SMILES string of the molecule is COc1ccc2ncc(F)c(CCN3CCC(NCc4cc5c(cn4)OCS5)C(O)C3)c2n1.Cl.Cl. The maximum absolute atomic E-state index is 14.6. The topological polar surface area (TPSA) is 92.6 Å². The fourth-order valence-corrected chi connectivity index (χ4v) is 5.10. The van der Waals surface area contributed by atoms with Crippen LogP contribution < -0.4 is 14.8 Å². The van der Waals surface area contributed by atoms with E-state index in [-0.39, 0.29) is 36.7 Å². The smallest absolute Gasteiger partial charge is 0.213 e. The van der Waals surface area contributed by atoms with Crippen LogP contribution in [0.3, 0.4) is 0 Å². The van der Waals surface area contributed by atoms with Crippen molar-refractivity contribution in [2.75, 3.05) is 32.7 Å². The molecule has 0 spiro atoms. The average Bonchev–Trinajstić information content (AvgIpc) is 3.30. The molecular formula is C23H28Cl2FN5O3S. The van der Waals surface area contributed by atoms with Gasteiger partial charge >= 0.3 is 0 Å². The van der Waals surface area contributed by atoms with Crippen molar-refractivity contribution in [3.05, 3.63) is 47.7 Å². The number of nitrogens with one attached hydrogen (secondary N) is 1. The molecule has 8 nitrogen and oxygen atoms in total. The molecule has 3 aromatic rings. The van der Waals surface area contributed by atoms with Crippen molar-refractivity contribution in [2.24, 2.45) is 0 Å². The molecule has 2 N–H and O–H groups in total. The predicted octanol–water partition coefficient (Wildman–Crippen LogP) is 3.23. The molecule has 0 aromatic carbocycles. The van der Waals surface area contributed by atoms with Crippen LogP contribution in [-0.2, 0) is 13.0 Å². The van der Waals surface area contributed by atoms with E-state index in [1.165, 1.54) is 13.3 Å². The van der Waals surface area contributed by atoms with E-state index in [4.69, 9.17) is 9.47 Å². The Kier molecular flexibility index (Phi) is 9.74. The lowest BCUT2D eigenvalue weighted by atomic mass is 10.0. The van der Waals surface area contributed by atoms with Crippen LogP contribution in [0.5, 0.6) is 11.6 Å². The first-order chi connectivity index (χ1) is 16.1. The van der Waals surface area contributed by atoms with E-state index in [2.05, 4.69) is 25.2 Å².